The maximum Gasteiger partial charge on any atom is 0.235 e. The van der Waals surface area contributed by atoms with Gasteiger partial charge in [-0.3, -0.25) is 9.59 Å². The van der Waals surface area contributed by atoms with Crippen LogP contribution in [-0.4, -0.2) is 16.9 Å². The second-order valence-corrected chi connectivity index (χ2v) is 6.63. The van der Waals surface area contributed by atoms with E-state index in [2.05, 4.69) is 11.4 Å². The molecule has 1 aliphatic heterocycles. The maximum atomic E-state index is 12.6. The van der Waals surface area contributed by atoms with Gasteiger partial charge in [-0.25, -0.2) is 0 Å². The first kappa shape index (κ1) is 17.9. The Kier molecular flexibility index (Phi) is 4.68. The van der Waals surface area contributed by atoms with Crippen molar-refractivity contribution < 1.29 is 14.7 Å². The van der Waals surface area contributed by atoms with E-state index in [4.69, 9.17) is 17.3 Å². The number of piperidine rings is 1. The lowest BCUT2D eigenvalue weighted by Gasteiger charge is -2.44. The van der Waals surface area contributed by atoms with Crippen molar-refractivity contribution in [2.75, 3.05) is 0 Å². The summed E-state index contributed by atoms with van der Waals surface area (Å²) in [6.07, 6.45) is 0. The molecule has 132 valence electrons. The predicted molar refractivity (Wildman–Crippen MR) is 94.5 cm³/mol. The number of hydrogen-bond acceptors (Lipinski definition) is 4. The van der Waals surface area contributed by atoms with Crippen LogP contribution in [0.3, 0.4) is 0 Å². The summed E-state index contributed by atoms with van der Waals surface area (Å²) in [5.41, 5.74) is 4.30. The molecular formula is C19H16ClN3O3. The average Bonchev–Trinajstić information content (AvgIpc) is 2.61. The van der Waals surface area contributed by atoms with Crippen molar-refractivity contribution in [3.63, 3.8) is 0 Å². The third-order valence-electron chi connectivity index (χ3n) is 4.66. The fraction of sp³-hybridized carbons (Fsp3) is 0.211. The topological polar surface area (TPSA) is 116 Å². The fourth-order valence-corrected chi connectivity index (χ4v) is 3.68. The van der Waals surface area contributed by atoms with Crippen molar-refractivity contribution in [2.24, 2.45) is 17.6 Å². The van der Waals surface area contributed by atoms with Crippen molar-refractivity contribution in [1.29, 1.82) is 5.26 Å². The van der Waals surface area contributed by atoms with Crippen LogP contribution < -0.4 is 11.1 Å². The number of nitrogens with one attached hydrogen (secondary N) is 1. The van der Waals surface area contributed by atoms with E-state index < -0.39 is 35.3 Å². The number of nitrogens with two attached hydrogens (primary N) is 1. The standard InChI is InChI=1S/C19H16ClN3O3/c20-13-8-4-5-11(9-13)15-14(10-21)19(26,12-6-2-1-3-7-12)23-18(25)16(15)17(22)24/h1-9,14-16,26H,(H2,22,24)(H,23,25)/t14-,15+,16+,19+/m1/s1. The molecule has 7 heteroatoms. The van der Waals surface area contributed by atoms with E-state index >= 15 is 0 Å². The van der Waals surface area contributed by atoms with Crippen molar-refractivity contribution in [1.82, 2.24) is 5.32 Å². The molecule has 4 N–H and O–H groups in total. The molecule has 1 heterocycles. The molecule has 0 aromatic heterocycles. The number of nitriles is 1. The van der Waals surface area contributed by atoms with Gasteiger partial charge in [0, 0.05) is 16.5 Å². The van der Waals surface area contributed by atoms with Crippen molar-refractivity contribution in [3.05, 3.63) is 70.7 Å². The van der Waals surface area contributed by atoms with Crippen LogP contribution >= 0.6 is 11.6 Å². The molecule has 0 unspecified atom stereocenters. The molecule has 2 amide bonds. The van der Waals surface area contributed by atoms with E-state index in [0.717, 1.165) is 0 Å². The molecule has 0 bridgehead atoms. The molecule has 1 fully saturated rings. The first-order valence-electron chi connectivity index (χ1n) is 7.93. The van der Waals surface area contributed by atoms with E-state index in [1.54, 1.807) is 54.6 Å². The summed E-state index contributed by atoms with van der Waals surface area (Å²) in [4.78, 5) is 24.6. The van der Waals surface area contributed by atoms with Gasteiger partial charge in [0.15, 0.2) is 5.72 Å². The molecule has 4 atom stereocenters. The second kappa shape index (κ2) is 6.79. The average molecular weight is 370 g/mol. The number of nitrogens with zero attached hydrogens (tertiary/aromatic N) is 1. The lowest BCUT2D eigenvalue weighted by atomic mass is 9.67. The normalized spacial score (nSPS) is 28.0. The Morgan fingerprint density at radius 3 is 2.50 bits per heavy atom. The Labute approximate surface area is 155 Å². The number of hydrogen-bond donors (Lipinski definition) is 3. The Morgan fingerprint density at radius 1 is 1.23 bits per heavy atom. The number of primary amides is 1. The van der Waals surface area contributed by atoms with Crippen molar-refractivity contribution >= 4 is 23.4 Å². The predicted octanol–water partition coefficient (Wildman–Crippen LogP) is 1.64. The number of aliphatic hydroxyl groups is 1. The van der Waals surface area contributed by atoms with Crippen LogP contribution in [-0.2, 0) is 15.3 Å². The SMILES string of the molecule is N#C[C@@H]1[C@H](c2cccc(Cl)c2)[C@@H](C(N)=O)C(=O)N[C@]1(O)c1ccccc1. The number of carbonyl (C=O) groups is 2. The molecular weight excluding hydrogens is 354 g/mol. The number of benzene rings is 2. The zero-order valence-corrected chi connectivity index (χ0v) is 14.4. The third kappa shape index (κ3) is 2.92. The molecule has 6 nitrogen and oxygen atoms in total. The minimum atomic E-state index is -1.97. The molecule has 1 aliphatic rings. The van der Waals surface area contributed by atoms with E-state index in [1.165, 1.54) is 0 Å². The minimum Gasteiger partial charge on any atom is -0.369 e. The Balaban J connectivity index is 2.20. The molecule has 2 aromatic rings. The highest BCUT2D eigenvalue weighted by molar-refractivity contribution is 6.30. The van der Waals surface area contributed by atoms with Gasteiger partial charge in [0.2, 0.25) is 11.8 Å². The van der Waals surface area contributed by atoms with E-state index in [0.29, 0.717) is 16.1 Å². The number of rotatable bonds is 3. The van der Waals surface area contributed by atoms with Gasteiger partial charge in [-0.2, -0.15) is 5.26 Å². The molecule has 3 rings (SSSR count). The van der Waals surface area contributed by atoms with Crippen LogP contribution in [0.5, 0.6) is 0 Å². The zero-order chi connectivity index (χ0) is 18.9. The second-order valence-electron chi connectivity index (χ2n) is 6.19. The fourth-order valence-electron chi connectivity index (χ4n) is 3.48. The molecule has 1 saturated heterocycles. The molecule has 0 aliphatic carbocycles. The summed E-state index contributed by atoms with van der Waals surface area (Å²) in [7, 11) is 0. The molecule has 0 saturated carbocycles. The first-order chi connectivity index (χ1) is 12.4. The monoisotopic (exact) mass is 369 g/mol. The summed E-state index contributed by atoms with van der Waals surface area (Å²) in [6, 6.07) is 16.9. The van der Waals surface area contributed by atoms with Gasteiger partial charge < -0.3 is 16.2 Å². The summed E-state index contributed by atoms with van der Waals surface area (Å²) >= 11 is 6.04. The van der Waals surface area contributed by atoms with Gasteiger partial charge in [-0.1, -0.05) is 54.1 Å². The van der Waals surface area contributed by atoms with Crippen LogP contribution in [0.2, 0.25) is 5.02 Å². The van der Waals surface area contributed by atoms with E-state index in [9.17, 15) is 20.0 Å². The molecule has 2 aromatic carbocycles. The van der Waals surface area contributed by atoms with E-state index in [-0.39, 0.29) is 0 Å². The van der Waals surface area contributed by atoms with Gasteiger partial charge in [-0.15, -0.1) is 0 Å². The van der Waals surface area contributed by atoms with Crippen LogP contribution in [0, 0.1) is 23.2 Å². The van der Waals surface area contributed by atoms with Crippen molar-refractivity contribution in [3.8, 4) is 6.07 Å². The van der Waals surface area contributed by atoms with Gasteiger partial charge in [0.1, 0.15) is 11.8 Å². The molecule has 0 spiro atoms. The molecule has 0 radical (unpaired) electrons. The Bertz CT molecular complexity index is 896. The summed E-state index contributed by atoms with van der Waals surface area (Å²) < 4.78 is 0. The highest BCUT2D eigenvalue weighted by atomic mass is 35.5. The zero-order valence-electron chi connectivity index (χ0n) is 13.6. The van der Waals surface area contributed by atoms with Crippen LogP contribution in [0.4, 0.5) is 0 Å². The van der Waals surface area contributed by atoms with Gasteiger partial charge in [-0.05, 0) is 17.7 Å². The Morgan fingerprint density at radius 2 is 1.92 bits per heavy atom. The van der Waals surface area contributed by atoms with Crippen molar-refractivity contribution in [2.45, 2.75) is 11.6 Å². The molecule has 26 heavy (non-hydrogen) atoms. The Hall–Kier alpha value is -2.88. The summed E-state index contributed by atoms with van der Waals surface area (Å²) in [5.74, 6) is -5.01. The third-order valence-corrected chi connectivity index (χ3v) is 4.89. The van der Waals surface area contributed by atoms with Crippen LogP contribution in [0.15, 0.2) is 54.6 Å². The highest BCUT2D eigenvalue weighted by Gasteiger charge is 2.55. The number of halogens is 1. The van der Waals surface area contributed by atoms with Gasteiger partial charge in [0.25, 0.3) is 0 Å². The smallest absolute Gasteiger partial charge is 0.235 e. The van der Waals surface area contributed by atoms with Gasteiger partial charge >= 0.3 is 0 Å². The summed E-state index contributed by atoms with van der Waals surface area (Å²) in [6.45, 7) is 0. The number of carbonyl (C=O) groups excluding carboxylic acids is 2. The van der Waals surface area contributed by atoms with E-state index in [1.807, 2.05) is 0 Å². The van der Waals surface area contributed by atoms with Gasteiger partial charge in [0.05, 0.1) is 6.07 Å². The highest BCUT2D eigenvalue weighted by Crippen LogP contribution is 2.45. The largest absolute Gasteiger partial charge is 0.369 e. The summed E-state index contributed by atoms with van der Waals surface area (Å²) in [5, 5.41) is 23.9. The minimum absolute atomic E-state index is 0.342. The number of amides is 2. The quantitative estimate of drug-likeness (QED) is 0.713. The van der Waals surface area contributed by atoms with Crippen LogP contribution in [0.1, 0.15) is 17.0 Å². The lowest BCUT2D eigenvalue weighted by molar-refractivity contribution is -0.153. The van der Waals surface area contributed by atoms with Crippen LogP contribution in [0.25, 0.3) is 0 Å². The lowest BCUT2D eigenvalue weighted by Crippen LogP contribution is -2.62. The maximum absolute atomic E-state index is 12.6. The first-order valence-corrected chi connectivity index (χ1v) is 8.30.